The molecule has 1 aliphatic rings. The third-order valence-electron chi connectivity index (χ3n) is 6.58. The number of aryl methyl sites for hydroxylation is 2. The third-order valence-corrected chi connectivity index (χ3v) is 6.58. The Balaban J connectivity index is 1.63. The van der Waals surface area contributed by atoms with Gasteiger partial charge in [0.25, 0.3) is 0 Å². The molecule has 33 heavy (non-hydrogen) atoms. The van der Waals surface area contributed by atoms with Gasteiger partial charge in [-0.05, 0) is 81.1 Å². The van der Waals surface area contributed by atoms with Crippen molar-refractivity contribution in [1.82, 2.24) is 19.8 Å². The van der Waals surface area contributed by atoms with Crippen LogP contribution in [0.1, 0.15) is 41.3 Å². The topological polar surface area (TPSA) is 52.2 Å². The van der Waals surface area contributed by atoms with E-state index in [4.69, 9.17) is 0 Å². The molecule has 1 aliphatic heterocycles. The van der Waals surface area contributed by atoms with Crippen molar-refractivity contribution in [1.29, 1.82) is 0 Å². The number of fused-ring (bicyclic) bond motifs is 1. The first kappa shape index (κ1) is 23.4. The summed E-state index contributed by atoms with van der Waals surface area (Å²) in [5.74, 6) is 0.483. The Hall–Kier alpha value is -2.80. The van der Waals surface area contributed by atoms with Gasteiger partial charge in [0.05, 0.1) is 12.2 Å². The van der Waals surface area contributed by atoms with Crippen molar-refractivity contribution in [2.45, 2.75) is 45.5 Å². The molecule has 1 saturated heterocycles. The molecule has 0 unspecified atom stereocenters. The number of piperidine rings is 1. The van der Waals surface area contributed by atoms with Crippen LogP contribution in [0.5, 0.6) is 0 Å². The van der Waals surface area contributed by atoms with Gasteiger partial charge in [0, 0.05) is 48.4 Å². The first-order valence-electron chi connectivity index (χ1n) is 11.5. The molecule has 1 aromatic carbocycles. The predicted octanol–water partition coefficient (Wildman–Crippen LogP) is 4.92. The fourth-order valence-corrected chi connectivity index (χ4v) is 4.87. The normalized spacial score (nSPS) is 15.5. The van der Waals surface area contributed by atoms with Gasteiger partial charge in [-0.2, -0.15) is 0 Å². The highest BCUT2D eigenvalue weighted by Crippen LogP contribution is 2.36. The molecule has 0 atom stereocenters. The zero-order chi connectivity index (χ0) is 23.7. The maximum atomic E-state index is 13.6. The average molecular weight is 455 g/mol. The molecule has 176 valence electrons. The fourth-order valence-electron chi connectivity index (χ4n) is 4.87. The number of aromatic nitrogens is 2. The van der Waals surface area contributed by atoms with Crippen molar-refractivity contribution in [2.75, 3.05) is 33.7 Å². The first-order valence-corrected chi connectivity index (χ1v) is 11.5. The van der Waals surface area contributed by atoms with Gasteiger partial charge < -0.3 is 9.88 Å². The van der Waals surface area contributed by atoms with Crippen molar-refractivity contribution in [2.24, 2.45) is 0 Å². The number of carbonyl (C=O) groups is 1. The number of rotatable bonds is 6. The number of amides is 1. The number of carbonyl (C=O) groups excluding carboxylic acids is 1. The summed E-state index contributed by atoms with van der Waals surface area (Å²) in [5, 5.41) is 0.875. The molecule has 1 amide bonds. The standard InChI is InChI=1S/C26H32F2N4O/c1-16-11-20(12-17(2)29-16)26-22(14-24(27)28)21-13-19(5-6-23(21)30-26)18-7-9-32(10-8-18)15-25(33)31(3)4/h5-6,11-13,18,24,30H,7-10,14-15H2,1-4H3. The second-order valence-corrected chi connectivity index (χ2v) is 9.36. The average Bonchev–Trinajstić information content (AvgIpc) is 3.10. The minimum absolute atomic E-state index is 0.118. The molecule has 0 saturated carbocycles. The van der Waals surface area contributed by atoms with Crippen LogP contribution in [0.4, 0.5) is 8.78 Å². The lowest BCUT2D eigenvalue weighted by Crippen LogP contribution is -2.40. The number of nitrogens with one attached hydrogen (secondary N) is 1. The van der Waals surface area contributed by atoms with E-state index in [-0.39, 0.29) is 12.3 Å². The van der Waals surface area contributed by atoms with Crippen LogP contribution < -0.4 is 0 Å². The molecule has 0 radical (unpaired) electrons. The second kappa shape index (κ2) is 9.59. The van der Waals surface area contributed by atoms with Gasteiger partial charge in [0.15, 0.2) is 0 Å². The minimum atomic E-state index is -2.42. The maximum absolute atomic E-state index is 13.6. The number of halogens is 2. The van der Waals surface area contributed by atoms with Crippen LogP contribution in [0.2, 0.25) is 0 Å². The number of H-pyrrole nitrogens is 1. The van der Waals surface area contributed by atoms with Crippen molar-refractivity contribution >= 4 is 16.8 Å². The van der Waals surface area contributed by atoms with E-state index in [0.29, 0.717) is 18.0 Å². The summed E-state index contributed by atoms with van der Waals surface area (Å²) in [6.45, 7) is 6.01. The van der Waals surface area contributed by atoms with Crippen LogP contribution in [0, 0.1) is 13.8 Å². The maximum Gasteiger partial charge on any atom is 0.242 e. The molecule has 2 aromatic heterocycles. The van der Waals surface area contributed by atoms with E-state index in [1.165, 1.54) is 5.56 Å². The highest BCUT2D eigenvalue weighted by molar-refractivity contribution is 5.91. The quantitative estimate of drug-likeness (QED) is 0.575. The number of hydrogen-bond donors (Lipinski definition) is 1. The Morgan fingerprint density at radius 2 is 1.82 bits per heavy atom. The highest BCUT2D eigenvalue weighted by Gasteiger charge is 2.24. The number of alkyl halides is 2. The van der Waals surface area contributed by atoms with Crippen LogP contribution >= 0.6 is 0 Å². The van der Waals surface area contributed by atoms with Gasteiger partial charge in [-0.1, -0.05) is 6.07 Å². The Kier molecular flexibility index (Phi) is 6.79. The molecule has 1 fully saturated rings. The molecule has 1 N–H and O–H groups in total. The highest BCUT2D eigenvalue weighted by atomic mass is 19.3. The Bertz CT molecular complexity index is 1130. The number of likely N-dealkylation sites (N-methyl/N-ethyl adjacent to an activating group) is 1. The van der Waals surface area contributed by atoms with Crippen LogP contribution in [0.15, 0.2) is 30.3 Å². The van der Waals surface area contributed by atoms with E-state index in [0.717, 1.165) is 59.5 Å². The van der Waals surface area contributed by atoms with Crippen LogP contribution in [-0.4, -0.2) is 65.8 Å². The van der Waals surface area contributed by atoms with Crippen molar-refractivity contribution in [3.63, 3.8) is 0 Å². The van der Waals surface area contributed by atoms with Crippen LogP contribution in [0.3, 0.4) is 0 Å². The molecule has 0 bridgehead atoms. The second-order valence-electron chi connectivity index (χ2n) is 9.36. The molecule has 0 spiro atoms. The van der Waals surface area contributed by atoms with Gasteiger partial charge in [0.2, 0.25) is 12.3 Å². The number of hydrogen-bond acceptors (Lipinski definition) is 3. The number of aromatic amines is 1. The largest absolute Gasteiger partial charge is 0.354 e. The molecule has 3 aromatic rings. The lowest BCUT2D eigenvalue weighted by molar-refractivity contribution is -0.130. The lowest BCUT2D eigenvalue weighted by Gasteiger charge is -2.32. The summed E-state index contributed by atoms with van der Waals surface area (Å²) in [6.07, 6.45) is -0.801. The molecule has 0 aliphatic carbocycles. The zero-order valence-electron chi connectivity index (χ0n) is 19.8. The van der Waals surface area contributed by atoms with Gasteiger partial charge >= 0.3 is 0 Å². The zero-order valence-corrected chi connectivity index (χ0v) is 19.8. The number of benzene rings is 1. The fraction of sp³-hybridized carbons (Fsp3) is 0.462. The third kappa shape index (κ3) is 5.24. The lowest BCUT2D eigenvalue weighted by atomic mass is 9.88. The van der Waals surface area contributed by atoms with Gasteiger partial charge in [-0.3, -0.25) is 14.7 Å². The summed E-state index contributed by atoms with van der Waals surface area (Å²) < 4.78 is 27.2. The summed E-state index contributed by atoms with van der Waals surface area (Å²) in [7, 11) is 3.56. The van der Waals surface area contributed by atoms with Gasteiger partial charge in [0.1, 0.15) is 0 Å². The van der Waals surface area contributed by atoms with E-state index < -0.39 is 6.43 Å². The van der Waals surface area contributed by atoms with Gasteiger partial charge in [-0.25, -0.2) is 8.78 Å². The van der Waals surface area contributed by atoms with E-state index in [1.807, 2.05) is 32.0 Å². The van der Waals surface area contributed by atoms with Crippen molar-refractivity contribution < 1.29 is 13.6 Å². The molecule has 3 heterocycles. The van der Waals surface area contributed by atoms with Crippen molar-refractivity contribution in [3.05, 3.63) is 52.8 Å². The summed E-state index contributed by atoms with van der Waals surface area (Å²) >= 11 is 0. The predicted molar refractivity (Wildman–Crippen MR) is 128 cm³/mol. The van der Waals surface area contributed by atoms with E-state index in [2.05, 4.69) is 27.0 Å². The Morgan fingerprint density at radius 3 is 2.42 bits per heavy atom. The van der Waals surface area contributed by atoms with Crippen LogP contribution in [0.25, 0.3) is 22.2 Å². The van der Waals surface area contributed by atoms with E-state index >= 15 is 0 Å². The summed E-state index contributed by atoms with van der Waals surface area (Å²) in [6, 6.07) is 10.1. The monoisotopic (exact) mass is 454 g/mol. The summed E-state index contributed by atoms with van der Waals surface area (Å²) in [4.78, 5) is 23.7. The number of likely N-dealkylation sites (tertiary alicyclic amines) is 1. The summed E-state index contributed by atoms with van der Waals surface area (Å²) in [5.41, 5.74) is 6.12. The Labute approximate surface area is 193 Å². The number of pyridine rings is 1. The minimum Gasteiger partial charge on any atom is -0.354 e. The van der Waals surface area contributed by atoms with Crippen LogP contribution in [-0.2, 0) is 11.2 Å². The van der Waals surface area contributed by atoms with Gasteiger partial charge in [-0.15, -0.1) is 0 Å². The molecule has 4 rings (SSSR count). The SMILES string of the molecule is Cc1cc(-c2[nH]c3ccc(C4CCN(CC(=O)N(C)C)CC4)cc3c2CC(F)F)cc(C)n1. The van der Waals surface area contributed by atoms with Crippen molar-refractivity contribution in [3.8, 4) is 11.3 Å². The van der Waals surface area contributed by atoms with E-state index in [1.54, 1.807) is 19.0 Å². The van der Waals surface area contributed by atoms with E-state index in [9.17, 15) is 13.6 Å². The Morgan fingerprint density at radius 1 is 1.15 bits per heavy atom. The molecular weight excluding hydrogens is 422 g/mol. The molecular formula is C26H32F2N4O. The number of nitrogens with zero attached hydrogens (tertiary/aromatic N) is 3. The first-order chi connectivity index (χ1) is 15.7. The molecule has 5 nitrogen and oxygen atoms in total. The molecule has 7 heteroatoms. The smallest absolute Gasteiger partial charge is 0.242 e.